The molecule has 8 heteroatoms. The zero-order valence-electron chi connectivity index (χ0n) is 11.2. The molecule has 1 aromatic carbocycles. The van der Waals surface area contributed by atoms with Gasteiger partial charge < -0.3 is 10.4 Å². The summed E-state index contributed by atoms with van der Waals surface area (Å²) in [6, 6.07) is 7.43. The van der Waals surface area contributed by atoms with Crippen molar-refractivity contribution in [2.24, 2.45) is 0 Å². The molecule has 2 rings (SSSR count). The molecule has 110 valence electrons. The molecule has 0 spiro atoms. The van der Waals surface area contributed by atoms with Crippen LogP contribution in [0.1, 0.15) is 23.1 Å². The van der Waals surface area contributed by atoms with Crippen molar-refractivity contribution in [2.75, 3.05) is 6.54 Å². The van der Waals surface area contributed by atoms with Crippen LogP contribution < -0.4 is 5.32 Å². The molecular formula is C13H13BrN4O3. The molecule has 21 heavy (non-hydrogen) atoms. The van der Waals surface area contributed by atoms with Gasteiger partial charge in [-0.15, -0.1) is 5.10 Å². The number of carbonyl (C=O) groups is 2. The fourth-order valence-electron chi connectivity index (χ4n) is 1.85. The van der Waals surface area contributed by atoms with Crippen molar-refractivity contribution in [2.45, 2.75) is 13.3 Å². The third-order valence-electron chi connectivity index (χ3n) is 2.77. The molecule has 0 aliphatic heterocycles. The molecule has 0 aliphatic carbocycles. The number of nitrogens with one attached hydrogen (secondary N) is 1. The molecule has 0 aliphatic rings. The molecule has 1 heterocycles. The third kappa shape index (κ3) is 3.46. The van der Waals surface area contributed by atoms with Gasteiger partial charge in [0.2, 0.25) is 0 Å². The summed E-state index contributed by atoms with van der Waals surface area (Å²) in [6.07, 6.45) is 0.537. The number of carboxylic acid groups (broad SMARTS) is 1. The molecule has 7 nitrogen and oxygen atoms in total. The van der Waals surface area contributed by atoms with E-state index in [0.717, 1.165) is 10.2 Å². The van der Waals surface area contributed by atoms with Crippen molar-refractivity contribution in [3.05, 3.63) is 40.1 Å². The minimum Gasteiger partial charge on any atom is -0.480 e. The highest BCUT2D eigenvalue weighted by Crippen LogP contribution is 2.18. The Hall–Kier alpha value is -2.22. The Morgan fingerprint density at radius 1 is 1.43 bits per heavy atom. The summed E-state index contributed by atoms with van der Waals surface area (Å²) in [4.78, 5) is 22.4. The van der Waals surface area contributed by atoms with E-state index in [0.29, 0.717) is 12.1 Å². The lowest BCUT2D eigenvalue weighted by molar-refractivity contribution is -0.135. The Balaban J connectivity index is 2.34. The van der Waals surface area contributed by atoms with Gasteiger partial charge in [-0.2, -0.15) is 0 Å². The van der Waals surface area contributed by atoms with Gasteiger partial charge in [-0.05, 0) is 24.6 Å². The number of amides is 1. The van der Waals surface area contributed by atoms with Crippen molar-refractivity contribution in [3.63, 3.8) is 0 Å². The first kappa shape index (κ1) is 15.2. The first-order valence-corrected chi connectivity index (χ1v) is 7.02. The maximum Gasteiger partial charge on any atom is 0.322 e. The van der Waals surface area contributed by atoms with Crippen LogP contribution in [0.5, 0.6) is 0 Å². The highest BCUT2D eigenvalue weighted by Gasteiger charge is 2.19. The standard InChI is InChI=1S/C13H13BrN4O3/c1-2-10-12(13(21)15-7-11(19)20)16-17-18(10)9-5-3-4-8(14)6-9/h3-6H,2,7H2,1H3,(H,15,21)(H,19,20). The number of carbonyl (C=O) groups excluding carboxylic acids is 1. The summed E-state index contributed by atoms with van der Waals surface area (Å²) in [5.74, 6) is -1.66. The van der Waals surface area contributed by atoms with E-state index in [2.05, 4.69) is 31.6 Å². The summed E-state index contributed by atoms with van der Waals surface area (Å²) in [5, 5.41) is 18.7. The monoisotopic (exact) mass is 352 g/mol. The molecule has 1 amide bonds. The number of nitrogens with zero attached hydrogens (tertiary/aromatic N) is 3. The number of benzene rings is 1. The molecule has 0 fully saturated rings. The van der Waals surface area contributed by atoms with Crippen LogP contribution in [-0.4, -0.2) is 38.5 Å². The number of aromatic nitrogens is 3. The molecule has 0 unspecified atom stereocenters. The molecule has 1 aromatic heterocycles. The van der Waals surface area contributed by atoms with Crippen LogP contribution in [0.3, 0.4) is 0 Å². The molecular weight excluding hydrogens is 340 g/mol. The number of aliphatic carboxylic acids is 1. The predicted molar refractivity (Wildman–Crippen MR) is 78.4 cm³/mol. The molecule has 0 saturated carbocycles. The Morgan fingerprint density at radius 3 is 2.81 bits per heavy atom. The molecule has 2 N–H and O–H groups in total. The Morgan fingerprint density at radius 2 is 2.19 bits per heavy atom. The highest BCUT2D eigenvalue weighted by molar-refractivity contribution is 9.10. The van der Waals surface area contributed by atoms with E-state index in [1.807, 2.05) is 31.2 Å². The normalized spacial score (nSPS) is 10.4. The third-order valence-corrected chi connectivity index (χ3v) is 3.26. The molecule has 0 saturated heterocycles. The van der Waals surface area contributed by atoms with Gasteiger partial charge in [0.05, 0.1) is 11.4 Å². The van der Waals surface area contributed by atoms with Crippen molar-refractivity contribution in [1.82, 2.24) is 20.3 Å². The van der Waals surface area contributed by atoms with E-state index < -0.39 is 18.4 Å². The van der Waals surface area contributed by atoms with E-state index in [9.17, 15) is 9.59 Å². The number of carboxylic acids is 1. The van der Waals surface area contributed by atoms with Crippen molar-refractivity contribution >= 4 is 27.8 Å². The van der Waals surface area contributed by atoms with Crippen molar-refractivity contribution in [1.29, 1.82) is 0 Å². The second kappa shape index (κ2) is 6.49. The van der Waals surface area contributed by atoms with Crippen LogP contribution in [0.25, 0.3) is 5.69 Å². The molecule has 0 atom stereocenters. The van der Waals surface area contributed by atoms with Crippen LogP contribution in [0.15, 0.2) is 28.7 Å². The lowest BCUT2D eigenvalue weighted by Crippen LogP contribution is -2.30. The van der Waals surface area contributed by atoms with Gasteiger partial charge in [-0.1, -0.05) is 34.1 Å². The van der Waals surface area contributed by atoms with Crippen molar-refractivity contribution in [3.8, 4) is 5.69 Å². The van der Waals surface area contributed by atoms with Crippen LogP contribution in [0.2, 0.25) is 0 Å². The first-order valence-electron chi connectivity index (χ1n) is 6.23. The summed E-state index contributed by atoms with van der Waals surface area (Å²) < 4.78 is 2.45. The maximum atomic E-state index is 11.9. The zero-order valence-corrected chi connectivity index (χ0v) is 12.8. The topological polar surface area (TPSA) is 97.1 Å². The Labute approximate surface area is 129 Å². The van der Waals surface area contributed by atoms with E-state index in [1.54, 1.807) is 4.68 Å². The minimum absolute atomic E-state index is 0.138. The van der Waals surface area contributed by atoms with Crippen molar-refractivity contribution < 1.29 is 14.7 Å². The van der Waals surface area contributed by atoms with Crippen LogP contribution in [0, 0.1) is 0 Å². The van der Waals surface area contributed by atoms with E-state index in [4.69, 9.17) is 5.11 Å². The fraction of sp³-hybridized carbons (Fsp3) is 0.231. The fourth-order valence-corrected chi connectivity index (χ4v) is 2.24. The summed E-state index contributed by atoms with van der Waals surface area (Å²) in [5.41, 5.74) is 1.53. The van der Waals surface area contributed by atoms with E-state index >= 15 is 0 Å². The van der Waals surface area contributed by atoms with Gasteiger partial charge in [0.15, 0.2) is 5.69 Å². The van der Waals surface area contributed by atoms with Crippen LogP contribution in [0.4, 0.5) is 0 Å². The molecule has 0 bridgehead atoms. The summed E-state index contributed by atoms with van der Waals surface area (Å²) in [6.45, 7) is 1.42. The largest absolute Gasteiger partial charge is 0.480 e. The molecule has 0 radical (unpaired) electrons. The van der Waals surface area contributed by atoms with Gasteiger partial charge in [0.1, 0.15) is 6.54 Å². The SMILES string of the molecule is CCc1c(C(=O)NCC(=O)O)nnn1-c1cccc(Br)c1. The predicted octanol–water partition coefficient (Wildman–Crippen LogP) is 1.41. The van der Waals surface area contributed by atoms with Gasteiger partial charge in [-0.3, -0.25) is 9.59 Å². The number of hydrogen-bond donors (Lipinski definition) is 2. The smallest absolute Gasteiger partial charge is 0.322 e. The minimum atomic E-state index is -1.11. The number of hydrogen-bond acceptors (Lipinski definition) is 4. The Kier molecular flexibility index (Phi) is 4.69. The van der Waals surface area contributed by atoms with Gasteiger partial charge in [0.25, 0.3) is 5.91 Å². The van der Waals surface area contributed by atoms with Gasteiger partial charge >= 0.3 is 5.97 Å². The zero-order chi connectivity index (χ0) is 15.4. The number of rotatable bonds is 5. The lowest BCUT2D eigenvalue weighted by atomic mass is 10.2. The van der Waals surface area contributed by atoms with Gasteiger partial charge in [-0.25, -0.2) is 4.68 Å². The average Bonchev–Trinajstić information content (AvgIpc) is 2.88. The highest BCUT2D eigenvalue weighted by atomic mass is 79.9. The quantitative estimate of drug-likeness (QED) is 0.847. The Bertz CT molecular complexity index is 684. The van der Waals surface area contributed by atoms with E-state index in [1.165, 1.54) is 0 Å². The van der Waals surface area contributed by atoms with E-state index in [-0.39, 0.29) is 5.69 Å². The van der Waals surface area contributed by atoms with Gasteiger partial charge in [0, 0.05) is 4.47 Å². The van der Waals surface area contributed by atoms with Crippen LogP contribution in [-0.2, 0) is 11.2 Å². The second-order valence-electron chi connectivity index (χ2n) is 4.21. The second-order valence-corrected chi connectivity index (χ2v) is 5.12. The first-order chi connectivity index (χ1) is 10.0. The average molecular weight is 353 g/mol. The summed E-state index contributed by atoms with van der Waals surface area (Å²) in [7, 11) is 0. The van der Waals surface area contributed by atoms with Crippen LogP contribution >= 0.6 is 15.9 Å². The lowest BCUT2D eigenvalue weighted by Gasteiger charge is -2.06. The summed E-state index contributed by atoms with van der Waals surface area (Å²) >= 11 is 3.38. The number of halogens is 1. The molecule has 2 aromatic rings. The maximum absolute atomic E-state index is 11.9.